The Hall–Kier alpha value is -1.44. The molecular weight excluding hydrogens is 263 g/mol. The van der Waals surface area contributed by atoms with E-state index in [1.807, 2.05) is 24.4 Å². The van der Waals surface area contributed by atoms with E-state index < -0.39 is 0 Å². The molecule has 3 rings (SSSR count). The van der Waals surface area contributed by atoms with E-state index >= 15 is 0 Å². The Kier molecular flexibility index (Phi) is 2.56. The maximum atomic E-state index is 4.65. The molecule has 0 spiro atoms. The molecule has 0 unspecified atom stereocenters. The summed E-state index contributed by atoms with van der Waals surface area (Å²) in [5, 5.41) is 0. The molecule has 0 aliphatic carbocycles. The van der Waals surface area contributed by atoms with E-state index in [1.54, 1.807) is 0 Å². The van der Waals surface area contributed by atoms with Crippen LogP contribution in [0.5, 0.6) is 0 Å². The zero-order valence-corrected chi connectivity index (χ0v) is 10.3. The molecule has 0 saturated carbocycles. The van der Waals surface area contributed by atoms with Crippen LogP contribution in [-0.4, -0.2) is 24.5 Å². The molecule has 0 amide bonds. The third-order valence-electron chi connectivity index (χ3n) is 2.40. The van der Waals surface area contributed by atoms with Crippen LogP contribution in [0, 0.1) is 0 Å². The Labute approximate surface area is 99.7 Å². The van der Waals surface area contributed by atoms with Gasteiger partial charge in [-0.2, -0.15) is 0 Å². The summed E-state index contributed by atoms with van der Waals surface area (Å²) >= 11 is 0.383. The Balaban J connectivity index is 1.95. The van der Waals surface area contributed by atoms with E-state index in [-0.39, 0.29) is 0 Å². The van der Waals surface area contributed by atoms with Gasteiger partial charge in [-0.15, -0.1) is 0 Å². The van der Waals surface area contributed by atoms with Crippen molar-refractivity contribution in [3.63, 3.8) is 0 Å². The first-order chi connectivity index (χ1) is 7.92. The van der Waals surface area contributed by atoms with Crippen LogP contribution in [0.15, 0.2) is 48.7 Å². The van der Waals surface area contributed by atoms with Crippen LogP contribution < -0.4 is 0 Å². The molecular formula is C13H10N2Se. The molecule has 0 saturated heterocycles. The van der Waals surface area contributed by atoms with Crippen molar-refractivity contribution < 1.29 is 0 Å². The van der Waals surface area contributed by atoms with Crippen molar-refractivity contribution in [2.24, 2.45) is 0 Å². The topological polar surface area (TPSA) is 25.8 Å². The average Bonchev–Trinajstić information content (AvgIpc) is 2.72. The van der Waals surface area contributed by atoms with E-state index in [1.165, 1.54) is 8.83 Å². The summed E-state index contributed by atoms with van der Waals surface area (Å²) in [5.41, 5.74) is 2.25. The van der Waals surface area contributed by atoms with Crippen molar-refractivity contribution in [3.05, 3.63) is 58.9 Å². The van der Waals surface area contributed by atoms with Gasteiger partial charge < -0.3 is 0 Å². The zero-order valence-electron chi connectivity index (χ0n) is 8.63. The summed E-state index contributed by atoms with van der Waals surface area (Å²) in [6.45, 7) is 0. The summed E-state index contributed by atoms with van der Waals surface area (Å²) in [5.74, 6) is 0. The van der Waals surface area contributed by atoms with Crippen molar-refractivity contribution >= 4 is 24.3 Å². The minimum atomic E-state index is 0.383. The molecule has 0 bridgehead atoms. The van der Waals surface area contributed by atoms with E-state index in [0.29, 0.717) is 14.5 Å². The molecule has 78 valence electrons. The number of fused-ring (bicyclic) bond motifs is 1. The van der Waals surface area contributed by atoms with Crippen LogP contribution in [0.3, 0.4) is 0 Å². The summed E-state index contributed by atoms with van der Waals surface area (Å²) in [4.78, 5) is 8.99. The van der Waals surface area contributed by atoms with Crippen molar-refractivity contribution in [2.45, 2.75) is 6.42 Å². The third kappa shape index (κ3) is 1.92. The molecule has 2 heterocycles. The van der Waals surface area contributed by atoms with Crippen LogP contribution in [0.4, 0.5) is 0 Å². The Bertz CT molecular complexity index is 568. The third-order valence-corrected chi connectivity index (χ3v) is 4.57. The number of hydrogen-bond donors (Lipinski definition) is 0. The van der Waals surface area contributed by atoms with E-state index in [9.17, 15) is 0 Å². The maximum absolute atomic E-state index is 4.65. The molecule has 16 heavy (non-hydrogen) atoms. The summed E-state index contributed by atoms with van der Waals surface area (Å²) in [7, 11) is 0. The Morgan fingerprint density at radius 3 is 2.69 bits per heavy atom. The first-order valence-corrected chi connectivity index (χ1v) is 6.87. The van der Waals surface area contributed by atoms with Gasteiger partial charge in [0.1, 0.15) is 0 Å². The quantitative estimate of drug-likeness (QED) is 0.669. The molecule has 3 aromatic rings. The molecule has 0 atom stereocenters. The van der Waals surface area contributed by atoms with Crippen molar-refractivity contribution in [1.82, 2.24) is 9.97 Å². The van der Waals surface area contributed by atoms with Gasteiger partial charge in [-0.1, -0.05) is 0 Å². The standard InChI is InChI=1S/C13H10N2Se/c1-2-7-12-11(6-1)15-13(16-12)9-10-5-3-4-8-14-10/h1-8H,9H2. The van der Waals surface area contributed by atoms with Crippen LogP contribution in [0.2, 0.25) is 0 Å². The SMILES string of the molecule is c1ccc(Cc2nc3ccccc3[se]2)nc1. The minimum absolute atomic E-state index is 0.383. The van der Waals surface area contributed by atoms with Gasteiger partial charge in [0.2, 0.25) is 0 Å². The second-order valence-electron chi connectivity index (χ2n) is 3.57. The van der Waals surface area contributed by atoms with Crippen LogP contribution in [0.25, 0.3) is 9.78 Å². The molecule has 2 aromatic heterocycles. The van der Waals surface area contributed by atoms with Crippen molar-refractivity contribution in [3.8, 4) is 0 Å². The number of rotatable bonds is 2. The molecule has 1 aromatic carbocycles. The van der Waals surface area contributed by atoms with Gasteiger partial charge in [-0.25, -0.2) is 0 Å². The van der Waals surface area contributed by atoms with Crippen molar-refractivity contribution in [2.75, 3.05) is 0 Å². The second kappa shape index (κ2) is 4.20. The number of aromatic nitrogens is 2. The number of hydrogen-bond acceptors (Lipinski definition) is 2. The van der Waals surface area contributed by atoms with Crippen LogP contribution in [0.1, 0.15) is 10.3 Å². The van der Waals surface area contributed by atoms with E-state index in [0.717, 1.165) is 17.6 Å². The number of nitrogens with zero attached hydrogens (tertiary/aromatic N) is 2. The normalized spacial score (nSPS) is 10.8. The molecule has 3 heteroatoms. The average molecular weight is 273 g/mol. The number of benzene rings is 1. The van der Waals surface area contributed by atoms with Crippen LogP contribution in [-0.2, 0) is 6.42 Å². The molecule has 2 nitrogen and oxygen atoms in total. The monoisotopic (exact) mass is 274 g/mol. The molecule has 0 fully saturated rings. The number of pyridine rings is 1. The summed E-state index contributed by atoms with van der Waals surface area (Å²) in [6.07, 6.45) is 2.72. The van der Waals surface area contributed by atoms with Crippen LogP contribution >= 0.6 is 0 Å². The Morgan fingerprint density at radius 1 is 1.00 bits per heavy atom. The van der Waals surface area contributed by atoms with E-state index in [4.69, 9.17) is 0 Å². The summed E-state index contributed by atoms with van der Waals surface area (Å²) in [6, 6.07) is 14.4. The fourth-order valence-electron chi connectivity index (χ4n) is 1.65. The predicted octanol–water partition coefficient (Wildman–Crippen LogP) is 2.28. The van der Waals surface area contributed by atoms with E-state index in [2.05, 4.69) is 34.2 Å². The first-order valence-electron chi connectivity index (χ1n) is 5.16. The van der Waals surface area contributed by atoms with Gasteiger partial charge in [-0.3, -0.25) is 0 Å². The second-order valence-corrected chi connectivity index (χ2v) is 5.91. The molecule has 0 radical (unpaired) electrons. The molecule has 0 aliphatic heterocycles. The number of para-hydroxylation sites is 1. The molecule has 0 N–H and O–H groups in total. The van der Waals surface area contributed by atoms with Crippen molar-refractivity contribution in [1.29, 1.82) is 0 Å². The Morgan fingerprint density at radius 2 is 1.88 bits per heavy atom. The van der Waals surface area contributed by atoms with Gasteiger partial charge in [0, 0.05) is 0 Å². The van der Waals surface area contributed by atoms with Gasteiger partial charge in [0.25, 0.3) is 0 Å². The van der Waals surface area contributed by atoms with Gasteiger partial charge in [-0.05, 0) is 0 Å². The fourth-order valence-corrected chi connectivity index (χ4v) is 3.72. The first kappa shape index (κ1) is 9.76. The zero-order chi connectivity index (χ0) is 10.8. The fraction of sp³-hybridized carbons (Fsp3) is 0.0769. The van der Waals surface area contributed by atoms with Gasteiger partial charge in [0.05, 0.1) is 0 Å². The van der Waals surface area contributed by atoms with Gasteiger partial charge >= 0.3 is 99.6 Å². The van der Waals surface area contributed by atoms with Gasteiger partial charge in [0.15, 0.2) is 0 Å². The predicted molar refractivity (Wildman–Crippen MR) is 65.7 cm³/mol. The molecule has 0 aliphatic rings. The summed E-state index contributed by atoms with van der Waals surface area (Å²) < 4.78 is 2.66.